The van der Waals surface area contributed by atoms with Crippen LogP contribution in [0, 0.1) is 5.92 Å². The van der Waals surface area contributed by atoms with E-state index in [4.69, 9.17) is 9.84 Å². The minimum Gasteiger partial charge on any atom is -0.508 e. The summed E-state index contributed by atoms with van der Waals surface area (Å²) in [6.07, 6.45) is 0. The second kappa shape index (κ2) is 6.35. The van der Waals surface area contributed by atoms with Crippen LogP contribution in [0.1, 0.15) is 12.5 Å². The molecule has 90 valence electrons. The molecule has 16 heavy (non-hydrogen) atoms. The molecule has 3 N–H and O–H groups in total. The fraction of sp³-hybridized carbons (Fsp3) is 0.500. The number of phenolic OH excluding ortho intramolecular Hbond substituents is 2. The van der Waals surface area contributed by atoms with E-state index >= 15 is 0 Å². The fourth-order valence-electron chi connectivity index (χ4n) is 1.50. The van der Waals surface area contributed by atoms with Crippen molar-refractivity contribution in [3.8, 4) is 11.5 Å². The number of ether oxygens (including phenoxy) is 1. The molecule has 1 atom stereocenters. The van der Waals surface area contributed by atoms with Crippen LogP contribution < -0.4 is 5.32 Å². The molecule has 0 fully saturated rings. The van der Waals surface area contributed by atoms with Crippen molar-refractivity contribution in [1.29, 1.82) is 0 Å². The lowest BCUT2D eigenvalue weighted by atomic mass is 10.1. The van der Waals surface area contributed by atoms with Crippen LogP contribution in [0.2, 0.25) is 0 Å². The molecule has 1 aromatic rings. The molecule has 0 heterocycles. The summed E-state index contributed by atoms with van der Waals surface area (Å²) < 4.78 is 5.02. The summed E-state index contributed by atoms with van der Waals surface area (Å²) in [4.78, 5) is 0. The average molecular weight is 225 g/mol. The minimum absolute atomic E-state index is 0.0778. The molecular formula is C12H19NO3. The highest BCUT2D eigenvalue weighted by molar-refractivity contribution is 5.38. The molecule has 0 saturated heterocycles. The molecule has 1 aromatic carbocycles. The monoisotopic (exact) mass is 225 g/mol. The van der Waals surface area contributed by atoms with Crippen LogP contribution in [0.5, 0.6) is 11.5 Å². The SMILES string of the molecule is COCC(C)CNCc1ccc(O)cc1O. The number of aromatic hydroxyl groups is 2. The van der Waals surface area contributed by atoms with Crippen molar-refractivity contribution in [2.24, 2.45) is 5.92 Å². The highest BCUT2D eigenvalue weighted by Crippen LogP contribution is 2.22. The Morgan fingerprint density at radius 1 is 1.38 bits per heavy atom. The van der Waals surface area contributed by atoms with Gasteiger partial charge < -0.3 is 20.3 Å². The topological polar surface area (TPSA) is 61.7 Å². The van der Waals surface area contributed by atoms with Crippen LogP contribution in [0.4, 0.5) is 0 Å². The Morgan fingerprint density at radius 2 is 2.12 bits per heavy atom. The first kappa shape index (κ1) is 12.8. The average Bonchev–Trinajstić information content (AvgIpc) is 2.22. The lowest BCUT2D eigenvalue weighted by molar-refractivity contribution is 0.158. The molecule has 0 saturated carbocycles. The van der Waals surface area contributed by atoms with Crippen molar-refractivity contribution < 1.29 is 14.9 Å². The molecular weight excluding hydrogens is 206 g/mol. The van der Waals surface area contributed by atoms with Gasteiger partial charge in [-0.25, -0.2) is 0 Å². The smallest absolute Gasteiger partial charge is 0.123 e. The van der Waals surface area contributed by atoms with Gasteiger partial charge in [0.1, 0.15) is 11.5 Å². The Labute approximate surface area is 95.9 Å². The maximum Gasteiger partial charge on any atom is 0.123 e. The zero-order chi connectivity index (χ0) is 12.0. The number of benzene rings is 1. The van der Waals surface area contributed by atoms with E-state index in [1.54, 1.807) is 19.2 Å². The first-order chi connectivity index (χ1) is 7.63. The third kappa shape index (κ3) is 4.08. The number of rotatable bonds is 6. The molecule has 0 aliphatic carbocycles. The number of hydrogen-bond donors (Lipinski definition) is 3. The van der Waals surface area contributed by atoms with Crippen LogP contribution >= 0.6 is 0 Å². The van der Waals surface area contributed by atoms with E-state index in [1.807, 2.05) is 0 Å². The molecule has 0 aromatic heterocycles. The molecule has 0 amide bonds. The van der Waals surface area contributed by atoms with Crippen molar-refractivity contribution >= 4 is 0 Å². The van der Waals surface area contributed by atoms with Crippen molar-refractivity contribution in [3.63, 3.8) is 0 Å². The van der Waals surface area contributed by atoms with Gasteiger partial charge in [-0.15, -0.1) is 0 Å². The van der Waals surface area contributed by atoms with E-state index in [0.29, 0.717) is 19.1 Å². The van der Waals surface area contributed by atoms with Crippen molar-refractivity contribution in [2.75, 3.05) is 20.3 Å². The van der Waals surface area contributed by atoms with Crippen LogP contribution in [0.15, 0.2) is 18.2 Å². The fourth-order valence-corrected chi connectivity index (χ4v) is 1.50. The Hall–Kier alpha value is -1.26. The van der Waals surface area contributed by atoms with Crippen LogP contribution in [0.3, 0.4) is 0 Å². The van der Waals surface area contributed by atoms with Crippen LogP contribution in [0.25, 0.3) is 0 Å². The van der Waals surface area contributed by atoms with E-state index in [2.05, 4.69) is 12.2 Å². The minimum atomic E-state index is 0.0778. The quantitative estimate of drug-likeness (QED) is 0.686. The van der Waals surface area contributed by atoms with Gasteiger partial charge in [0.2, 0.25) is 0 Å². The first-order valence-electron chi connectivity index (χ1n) is 5.34. The number of methoxy groups -OCH3 is 1. The first-order valence-corrected chi connectivity index (χ1v) is 5.34. The van der Waals surface area contributed by atoms with Gasteiger partial charge in [0.25, 0.3) is 0 Å². The van der Waals surface area contributed by atoms with Crippen molar-refractivity contribution in [1.82, 2.24) is 5.32 Å². The highest BCUT2D eigenvalue weighted by atomic mass is 16.5. The van der Waals surface area contributed by atoms with Gasteiger partial charge in [-0.3, -0.25) is 0 Å². The zero-order valence-corrected chi connectivity index (χ0v) is 9.73. The molecule has 4 heteroatoms. The van der Waals surface area contributed by atoms with E-state index < -0.39 is 0 Å². The molecule has 4 nitrogen and oxygen atoms in total. The maximum absolute atomic E-state index is 9.54. The standard InChI is InChI=1S/C12H19NO3/c1-9(8-16-2)6-13-7-10-3-4-11(14)5-12(10)15/h3-5,9,13-15H,6-8H2,1-2H3. The highest BCUT2D eigenvalue weighted by Gasteiger charge is 2.04. The molecule has 0 spiro atoms. The lowest BCUT2D eigenvalue weighted by Gasteiger charge is -2.12. The zero-order valence-electron chi connectivity index (χ0n) is 9.73. The third-order valence-corrected chi connectivity index (χ3v) is 2.33. The van der Waals surface area contributed by atoms with Gasteiger partial charge in [0.15, 0.2) is 0 Å². The molecule has 0 radical (unpaired) electrons. The summed E-state index contributed by atoms with van der Waals surface area (Å²) in [6, 6.07) is 4.61. The van der Waals surface area contributed by atoms with Gasteiger partial charge in [-0.05, 0) is 12.0 Å². The third-order valence-electron chi connectivity index (χ3n) is 2.33. The largest absolute Gasteiger partial charge is 0.508 e. The Bertz CT molecular complexity index is 328. The maximum atomic E-state index is 9.54. The van der Waals surface area contributed by atoms with E-state index in [-0.39, 0.29) is 11.5 Å². The molecule has 1 rings (SSSR count). The van der Waals surface area contributed by atoms with Crippen LogP contribution in [-0.4, -0.2) is 30.5 Å². The Morgan fingerprint density at radius 3 is 2.75 bits per heavy atom. The lowest BCUT2D eigenvalue weighted by Crippen LogP contribution is -2.23. The second-order valence-corrected chi connectivity index (χ2v) is 4.00. The summed E-state index contributed by atoms with van der Waals surface area (Å²) in [6.45, 7) is 4.22. The predicted octanol–water partition coefficient (Wildman–Crippen LogP) is 1.47. The normalized spacial score (nSPS) is 12.6. The van der Waals surface area contributed by atoms with Gasteiger partial charge in [0, 0.05) is 38.4 Å². The van der Waals surface area contributed by atoms with Crippen molar-refractivity contribution in [2.45, 2.75) is 13.5 Å². The number of nitrogens with one attached hydrogen (secondary N) is 1. The second-order valence-electron chi connectivity index (χ2n) is 4.00. The molecule has 1 unspecified atom stereocenters. The van der Waals surface area contributed by atoms with Crippen LogP contribution in [-0.2, 0) is 11.3 Å². The van der Waals surface area contributed by atoms with Gasteiger partial charge >= 0.3 is 0 Å². The Balaban J connectivity index is 2.37. The summed E-state index contributed by atoms with van der Waals surface area (Å²) >= 11 is 0. The molecule has 0 aliphatic heterocycles. The van der Waals surface area contributed by atoms with Crippen molar-refractivity contribution in [3.05, 3.63) is 23.8 Å². The summed E-state index contributed by atoms with van der Waals surface area (Å²) in [7, 11) is 1.68. The van der Waals surface area contributed by atoms with E-state index in [1.165, 1.54) is 6.07 Å². The summed E-state index contributed by atoms with van der Waals surface area (Å²) in [5, 5.41) is 21.9. The molecule has 0 bridgehead atoms. The molecule has 0 aliphatic rings. The number of hydrogen-bond acceptors (Lipinski definition) is 4. The van der Waals surface area contributed by atoms with Gasteiger partial charge in [-0.1, -0.05) is 13.0 Å². The Kier molecular flexibility index (Phi) is 5.08. The number of phenols is 2. The van der Waals surface area contributed by atoms with Gasteiger partial charge in [0.05, 0.1) is 0 Å². The van der Waals surface area contributed by atoms with E-state index in [0.717, 1.165) is 12.1 Å². The predicted molar refractivity (Wildman–Crippen MR) is 62.5 cm³/mol. The van der Waals surface area contributed by atoms with Gasteiger partial charge in [-0.2, -0.15) is 0 Å². The summed E-state index contributed by atoms with van der Waals surface area (Å²) in [5.74, 6) is 0.630. The van der Waals surface area contributed by atoms with E-state index in [9.17, 15) is 5.11 Å². The summed E-state index contributed by atoms with van der Waals surface area (Å²) in [5.41, 5.74) is 0.780.